The highest BCUT2D eigenvalue weighted by molar-refractivity contribution is 5.91. The number of amides is 1. The average molecular weight is 337 g/mol. The fourth-order valence-electron chi connectivity index (χ4n) is 2.52. The van der Waals surface area contributed by atoms with Crippen molar-refractivity contribution < 1.29 is 4.79 Å². The largest absolute Gasteiger partial charge is 0.324 e. The molecule has 3 rings (SSSR count). The van der Waals surface area contributed by atoms with Crippen LogP contribution in [-0.4, -0.2) is 25.5 Å². The molecule has 0 aliphatic carbocycles. The molecule has 0 radical (unpaired) electrons. The van der Waals surface area contributed by atoms with E-state index in [2.05, 4.69) is 29.4 Å². The van der Waals surface area contributed by atoms with Crippen LogP contribution in [0.2, 0.25) is 0 Å². The van der Waals surface area contributed by atoms with Gasteiger partial charge in [0.2, 0.25) is 5.91 Å². The normalized spacial score (nSPS) is 10.8. The third kappa shape index (κ3) is 3.82. The predicted molar refractivity (Wildman–Crippen MR) is 94.8 cm³/mol. The molecule has 0 spiro atoms. The second-order valence-electron chi connectivity index (χ2n) is 5.93. The summed E-state index contributed by atoms with van der Waals surface area (Å²) in [6.07, 6.45) is 3.34. The molecular weight excluding hydrogens is 318 g/mol. The molecule has 7 nitrogen and oxygen atoms in total. The standard InChI is InChI=1S/C18H19N5O2/c1-13(2)14-6-3-4-7-15(14)20-17(24)12-23-18(25)9-8-16(21-23)22-11-5-10-19-22/h3-11,13H,12H2,1-2H3,(H,20,24). The highest BCUT2D eigenvalue weighted by atomic mass is 16.2. The van der Waals surface area contributed by atoms with Crippen LogP contribution in [0.5, 0.6) is 0 Å². The first kappa shape index (κ1) is 16.6. The van der Waals surface area contributed by atoms with Crippen LogP contribution in [-0.2, 0) is 11.3 Å². The van der Waals surface area contributed by atoms with Gasteiger partial charge in [-0.15, -0.1) is 5.10 Å². The summed E-state index contributed by atoms with van der Waals surface area (Å²) in [6, 6.07) is 12.3. The monoisotopic (exact) mass is 337 g/mol. The molecule has 1 amide bonds. The van der Waals surface area contributed by atoms with Gasteiger partial charge >= 0.3 is 0 Å². The maximum atomic E-state index is 12.4. The minimum absolute atomic E-state index is 0.166. The van der Waals surface area contributed by atoms with Crippen molar-refractivity contribution >= 4 is 11.6 Å². The fraction of sp³-hybridized carbons (Fsp3) is 0.222. The van der Waals surface area contributed by atoms with Crippen LogP contribution in [0.1, 0.15) is 25.3 Å². The minimum Gasteiger partial charge on any atom is -0.324 e. The van der Waals surface area contributed by atoms with Crippen molar-refractivity contribution in [3.05, 3.63) is 70.8 Å². The topological polar surface area (TPSA) is 81.8 Å². The molecule has 1 aromatic carbocycles. The maximum Gasteiger partial charge on any atom is 0.267 e. The SMILES string of the molecule is CC(C)c1ccccc1NC(=O)Cn1nc(-n2cccn2)ccc1=O. The third-order valence-corrected chi connectivity index (χ3v) is 3.74. The third-order valence-electron chi connectivity index (χ3n) is 3.74. The summed E-state index contributed by atoms with van der Waals surface area (Å²) in [7, 11) is 0. The first-order valence-electron chi connectivity index (χ1n) is 8.01. The van der Waals surface area contributed by atoms with Gasteiger partial charge in [-0.05, 0) is 29.7 Å². The number of benzene rings is 1. The molecule has 0 bridgehead atoms. The first-order chi connectivity index (χ1) is 12.0. The van der Waals surface area contributed by atoms with Crippen molar-refractivity contribution in [3.8, 4) is 5.82 Å². The molecule has 0 aliphatic rings. The molecule has 0 atom stereocenters. The van der Waals surface area contributed by atoms with E-state index in [1.807, 2.05) is 24.3 Å². The number of rotatable bonds is 5. The molecule has 0 saturated carbocycles. The molecule has 0 aliphatic heterocycles. The number of carbonyl (C=O) groups excluding carboxylic acids is 1. The van der Waals surface area contributed by atoms with Gasteiger partial charge in [0.15, 0.2) is 5.82 Å². The van der Waals surface area contributed by atoms with Gasteiger partial charge in [-0.3, -0.25) is 9.59 Å². The Kier molecular flexibility index (Phi) is 4.74. The molecule has 1 N–H and O–H groups in total. The van der Waals surface area contributed by atoms with Gasteiger partial charge in [-0.1, -0.05) is 32.0 Å². The van der Waals surface area contributed by atoms with Crippen LogP contribution in [0.15, 0.2) is 59.7 Å². The Morgan fingerprint density at radius 3 is 2.68 bits per heavy atom. The highest BCUT2D eigenvalue weighted by Gasteiger charge is 2.11. The van der Waals surface area contributed by atoms with Crippen molar-refractivity contribution in [2.45, 2.75) is 26.3 Å². The lowest BCUT2D eigenvalue weighted by molar-refractivity contribution is -0.117. The Labute approximate surface area is 144 Å². The second-order valence-corrected chi connectivity index (χ2v) is 5.93. The van der Waals surface area contributed by atoms with Gasteiger partial charge in [0.25, 0.3) is 5.56 Å². The van der Waals surface area contributed by atoms with Gasteiger partial charge in [0.05, 0.1) is 0 Å². The van der Waals surface area contributed by atoms with Crippen molar-refractivity contribution in [1.29, 1.82) is 0 Å². The zero-order chi connectivity index (χ0) is 17.8. The minimum atomic E-state index is -0.344. The Morgan fingerprint density at radius 1 is 1.16 bits per heavy atom. The lowest BCUT2D eigenvalue weighted by Gasteiger charge is -2.14. The van der Waals surface area contributed by atoms with E-state index in [0.29, 0.717) is 5.82 Å². The summed E-state index contributed by atoms with van der Waals surface area (Å²) >= 11 is 0. The van der Waals surface area contributed by atoms with Crippen LogP contribution < -0.4 is 10.9 Å². The van der Waals surface area contributed by atoms with Crippen molar-refractivity contribution in [2.24, 2.45) is 0 Å². The Hall–Kier alpha value is -3.22. The maximum absolute atomic E-state index is 12.4. The lowest BCUT2D eigenvalue weighted by atomic mass is 10.0. The molecule has 3 aromatic rings. The van der Waals surface area contributed by atoms with Crippen LogP contribution in [0.4, 0.5) is 5.69 Å². The molecule has 0 saturated heterocycles. The van der Waals surface area contributed by atoms with Crippen molar-refractivity contribution in [3.63, 3.8) is 0 Å². The van der Waals surface area contributed by atoms with E-state index in [1.54, 1.807) is 24.5 Å². The number of para-hydroxylation sites is 1. The van der Waals surface area contributed by atoms with Gasteiger partial charge < -0.3 is 5.32 Å². The zero-order valence-corrected chi connectivity index (χ0v) is 14.1. The average Bonchev–Trinajstić information content (AvgIpc) is 3.11. The number of aromatic nitrogens is 4. The van der Waals surface area contributed by atoms with Gasteiger partial charge in [-0.25, -0.2) is 9.36 Å². The van der Waals surface area contributed by atoms with E-state index in [-0.39, 0.29) is 23.9 Å². The summed E-state index contributed by atoms with van der Waals surface area (Å²) in [4.78, 5) is 24.4. The molecule has 2 aromatic heterocycles. The smallest absolute Gasteiger partial charge is 0.267 e. The number of hydrogen-bond donors (Lipinski definition) is 1. The lowest BCUT2D eigenvalue weighted by Crippen LogP contribution is -2.30. The Bertz CT molecular complexity index is 929. The van der Waals surface area contributed by atoms with E-state index < -0.39 is 0 Å². The molecule has 2 heterocycles. The Balaban J connectivity index is 1.80. The molecular formula is C18H19N5O2. The van der Waals surface area contributed by atoms with Gasteiger partial charge in [0.1, 0.15) is 6.54 Å². The van der Waals surface area contributed by atoms with E-state index >= 15 is 0 Å². The molecule has 128 valence electrons. The second kappa shape index (κ2) is 7.12. The number of nitrogens with one attached hydrogen (secondary N) is 1. The van der Waals surface area contributed by atoms with Gasteiger partial charge in [0, 0.05) is 24.1 Å². The molecule has 0 fully saturated rings. The summed E-state index contributed by atoms with van der Waals surface area (Å²) < 4.78 is 2.66. The summed E-state index contributed by atoms with van der Waals surface area (Å²) in [5.41, 5.74) is 1.45. The predicted octanol–water partition coefficient (Wildman–Crippen LogP) is 2.19. The quantitative estimate of drug-likeness (QED) is 0.774. The Morgan fingerprint density at radius 2 is 1.96 bits per heavy atom. The summed E-state index contributed by atoms with van der Waals surface area (Å²) in [5.74, 6) is 0.445. The molecule has 25 heavy (non-hydrogen) atoms. The first-order valence-corrected chi connectivity index (χ1v) is 8.01. The van der Waals surface area contributed by atoms with Crippen LogP contribution >= 0.6 is 0 Å². The summed E-state index contributed by atoms with van der Waals surface area (Å²) in [6.45, 7) is 3.95. The number of carbonyl (C=O) groups is 1. The number of anilines is 1. The van der Waals surface area contributed by atoms with Crippen LogP contribution in [0.25, 0.3) is 5.82 Å². The number of hydrogen-bond acceptors (Lipinski definition) is 4. The van der Waals surface area contributed by atoms with E-state index in [0.717, 1.165) is 15.9 Å². The van der Waals surface area contributed by atoms with E-state index in [9.17, 15) is 9.59 Å². The van der Waals surface area contributed by atoms with Crippen LogP contribution in [0.3, 0.4) is 0 Å². The molecule has 7 heteroatoms. The highest BCUT2D eigenvalue weighted by Crippen LogP contribution is 2.23. The molecule has 0 unspecified atom stereocenters. The van der Waals surface area contributed by atoms with Crippen molar-refractivity contribution in [1.82, 2.24) is 19.6 Å². The van der Waals surface area contributed by atoms with E-state index in [1.165, 1.54) is 10.7 Å². The zero-order valence-electron chi connectivity index (χ0n) is 14.1. The van der Waals surface area contributed by atoms with Crippen molar-refractivity contribution in [2.75, 3.05) is 5.32 Å². The van der Waals surface area contributed by atoms with Crippen LogP contribution in [0, 0.1) is 0 Å². The number of nitrogens with zero attached hydrogens (tertiary/aromatic N) is 4. The van der Waals surface area contributed by atoms with E-state index in [4.69, 9.17) is 0 Å². The van der Waals surface area contributed by atoms with Gasteiger partial charge in [-0.2, -0.15) is 5.10 Å². The summed E-state index contributed by atoms with van der Waals surface area (Å²) in [5, 5.41) is 11.1. The fourth-order valence-corrected chi connectivity index (χ4v) is 2.52.